The zero-order valence-corrected chi connectivity index (χ0v) is 7.10. The van der Waals surface area contributed by atoms with Crippen LogP contribution in [-0.4, -0.2) is 13.1 Å². The largest absolute Gasteiger partial charge is 0.465 e. The van der Waals surface area contributed by atoms with Crippen LogP contribution in [0, 0.1) is 0 Å². The lowest BCUT2D eigenvalue weighted by molar-refractivity contribution is -0.135. The highest BCUT2D eigenvalue weighted by Gasteiger charge is 1.99. The van der Waals surface area contributed by atoms with E-state index in [-0.39, 0.29) is 0 Å². The number of hydrogen-bond acceptors (Lipinski definition) is 2. The Morgan fingerprint density at radius 2 is 2.09 bits per heavy atom. The lowest BCUT2D eigenvalue weighted by Gasteiger charge is -1.93. The maximum atomic E-state index is 10.7. The van der Waals surface area contributed by atoms with Crippen LogP contribution in [-0.2, 0) is 9.53 Å². The SMILES string of the molecule is C=C(C=C=C(C)C)C(=O)OC. The van der Waals surface area contributed by atoms with Crippen molar-refractivity contribution in [2.45, 2.75) is 13.8 Å². The third-order valence-electron chi connectivity index (χ3n) is 0.983. The molecular formula is C9H12O2. The molecule has 0 aliphatic heterocycles. The van der Waals surface area contributed by atoms with Crippen LogP contribution in [0.25, 0.3) is 0 Å². The van der Waals surface area contributed by atoms with Crippen LogP contribution in [0.15, 0.2) is 29.5 Å². The molecule has 0 aromatic carbocycles. The molecule has 60 valence electrons. The van der Waals surface area contributed by atoms with Crippen LogP contribution in [0.2, 0.25) is 0 Å². The standard InChI is InChI=1S/C9H12O2/c1-7(2)5-6-8(3)9(10)11-4/h6H,3H2,1-2,4H3. The van der Waals surface area contributed by atoms with Crippen LogP contribution < -0.4 is 0 Å². The molecule has 0 fully saturated rings. The Bertz CT molecular complexity index is 226. The van der Waals surface area contributed by atoms with E-state index in [0.717, 1.165) is 5.57 Å². The molecule has 0 saturated carbocycles. The van der Waals surface area contributed by atoms with Gasteiger partial charge in [-0.2, -0.15) is 0 Å². The van der Waals surface area contributed by atoms with E-state index in [9.17, 15) is 4.79 Å². The summed E-state index contributed by atoms with van der Waals surface area (Å²) in [5.41, 5.74) is 4.16. The van der Waals surface area contributed by atoms with Crippen LogP contribution >= 0.6 is 0 Å². The number of hydrogen-bond donors (Lipinski definition) is 0. The molecule has 0 radical (unpaired) electrons. The lowest BCUT2D eigenvalue weighted by Crippen LogP contribution is -2.00. The summed E-state index contributed by atoms with van der Waals surface area (Å²) in [6, 6.07) is 0. The number of esters is 1. The van der Waals surface area contributed by atoms with Crippen molar-refractivity contribution < 1.29 is 9.53 Å². The van der Waals surface area contributed by atoms with Crippen LogP contribution in [0.1, 0.15) is 13.8 Å². The maximum absolute atomic E-state index is 10.7. The first kappa shape index (κ1) is 9.73. The van der Waals surface area contributed by atoms with Gasteiger partial charge in [0.2, 0.25) is 0 Å². The summed E-state index contributed by atoms with van der Waals surface area (Å²) in [5, 5.41) is 0. The highest BCUT2D eigenvalue weighted by atomic mass is 16.5. The number of carbonyl (C=O) groups excluding carboxylic acids is 1. The predicted octanol–water partition coefficient (Wildman–Crippen LogP) is 1.84. The average Bonchev–Trinajstić information content (AvgIpc) is 1.98. The lowest BCUT2D eigenvalue weighted by atomic mass is 10.2. The van der Waals surface area contributed by atoms with Gasteiger partial charge in [0.25, 0.3) is 0 Å². The maximum Gasteiger partial charge on any atom is 0.337 e. The fourth-order valence-corrected chi connectivity index (χ4v) is 0.421. The van der Waals surface area contributed by atoms with Crippen LogP contribution in [0.4, 0.5) is 0 Å². The van der Waals surface area contributed by atoms with Crippen molar-refractivity contribution in [2.24, 2.45) is 0 Å². The van der Waals surface area contributed by atoms with Gasteiger partial charge >= 0.3 is 5.97 Å². The van der Waals surface area contributed by atoms with Crippen molar-refractivity contribution in [1.29, 1.82) is 0 Å². The zero-order valence-electron chi connectivity index (χ0n) is 7.10. The van der Waals surface area contributed by atoms with Crippen LogP contribution in [0.5, 0.6) is 0 Å². The number of rotatable bonds is 2. The third kappa shape index (κ3) is 4.18. The Kier molecular flexibility index (Phi) is 4.01. The summed E-state index contributed by atoms with van der Waals surface area (Å²) >= 11 is 0. The second-order valence-corrected chi connectivity index (χ2v) is 2.31. The van der Waals surface area contributed by atoms with Crippen molar-refractivity contribution in [3.8, 4) is 0 Å². The molecule has 0 unspecified atom stereocenters. The first-order valence-corrected chi connectivity index (χ1v) is 3.25. The second-order valence-electron chi connectivity index (χ2n) is 2.31. The Morgan fingerprint density at radius 3 is 2.45 bits per heavy atom. The first-order valence-electron chi connectivity index (χ1n) is 3.25. The Hall–Kier alpha value is -1.27. The topological polar surface area (TPSA) is 26.3 Å². The van der Waals surface area contributed by atoms with Gasteiger partial charge in [-0.1, -0.05) is 6.58 Å². The van der Waals surface area contributed by atoms with Crippen molar-refractivity contribution in [3.05, 3.63) is 29.5 Å². The molecular weight excluding hydrogens is 140 g/mol. The molecule has 2 heteroatoms. The summed E-state index contributed by atoms with van der Waals surface area (Å²) in [4.78, 5) is 10.7. The summed E-state index contributed by atoms with van der Waals surface area (Å²) < 4.78 is 4.43. The molecule has 0 aliphatic rings. The van der Waals surface area contributed by atoms with Gasteiger partial charge in [0.1, 0.15) is 0 Å². The molecule has 0 bridgehead atoms. The fraction of sp³-hybridized carbons (Fsp3) is 0.333. The summed E-state index contributed by atoms with van der Waals surface area (Å²) in [6.07, 6.45) is 1.52. The smallest absolute Gasteiger partial charge is 0.337 e. The van der Waals surface area contributed by atoms with Gasteiger partial charge in [-0.15, -0.1) is 5.73 Å². The van der Waals surface area contributed by atoms with Gasteiger partial charge in [-0.25, -0.2) is 4.79 Å². The summed E-state index contributed by atoms with van der Waals surface area (Å²) in [5.74, 6) is -0.418. The normalized spacial score (nSPS) is 7.91. The molecule has 2 nitrogen and oxygen atoms in total. The van der Waals surface area contributed by atoms with Crippen LogP contribution in [0.3, 0.4) is 0 Å². The van der Waals surface area contributed by atoms with Gasteiger partial charge < -0.3 is 4.74 Å². The third-order valence-corrected chi connectivity index (χ3v) is 0.983. The first-order chi connectivity index (χ1) is 5.07. The average molecular weight is 152 g/mol. The van der Waals surface area contributed by atoms with E-state index in [1.165, 1.54) is 13.2 Å². The fourth-order valence-electron chi connectivity index (χ4n) is 0.421. The Labute approximate surface area is 66.9 Å². The van der Waals surface area contributed by atoms with Crippen molar-refractivity contribution in [3.63, 3.8) is 0 Å². The number of carbonyl (C=O) groups is 1. The highest BCUT2D eigenvalue weighted by molar-refractivity contribution is 5.90. The minimum atomic E-state index is -0.418. The molecule has 0 atom stereocenters. The van der Waals surface area contributed by atoms with Crippen molar-refractivity contribution >= 4 is 5.97 Å². The van der Waals surface area contributed by atoms with E-state index in [0.29, 0.717) is 5.57 Å². The van der Waals surface area contributed by atoms with Gasteiger partial charge in [0.05, 0.1) is 12.7 Å². The van der Waals surface area contributed by atoms with E-state index >= 15 is 0 Å². The Morgan fingerprint density at radius 1 is 1.55 bits per heavy atom. The number of methoxy groups -OCH3 is 1. The van der Waals surface area contributed by atoms with Gasteiger partial charge in [0, 0.05) is 0 Å². The van der Waals surface area contributed by atoms with E-state index < -0.39 is 5.97 Å². The predicted molar refractivity (Wildman–Crippen MR) is 44.1 cm³/mol. The minimum absolute atomic E-state index is 0.314. The summed E-state index contributed by atoms with van der Waals surface area (Å²) in [6.45, 7) is 7.27. The molecule has 0 aromatic rings. The molecule has 0 aromatic heterocycles. The van der Waals surface area contributed by atoms with E-state index in [1.807, 2.05) is 13.8 Å². The molecule has 0 spiro atoms. The van der Waals surface area contributed by atoms with Gasteiger partial charge in [-0.05, 0) is 25.5 Å². The van der Waals surface area contributed by atoms with Gasteiger partial charge in [0.15, 0.2) is 0 Å². The molecule has 0 N–H and O–H groups in total. The summed E-state index contributed by atoms with van der Waals surface area (Å²) in [7, 11) is 1.32. The number of ether oxygens (including phenoxy) is 1. The molecule has 0 rings (SSSR count). The molecule has 0 saturated heterocycles. The zero-order chi connectivity index (χ0) is 8.85. The minimum Gasteiger partial charge on any atom is -0.465 e. The van der Waals surface area contributed by atoms with Gasteiger partial charge in [-0.3, -0.25) is 0 Å². The second kappa shape index (κ2) is 4.53. The van der Waals surface area contributed by atoms with Crippen molar-refractivity contribution in [2.75, 3.05) is 7.11 Å². The molecule has 0 aliphatic carbocycles. The quantitative estimate of drug-likeness (QED) is 0.261. The molecule has 0 amide bonds. The highest BCUT2D eigenvalue weighted by Crippen LogP contribution is 1.95. The Balaban J connectivity index is 4.31. The van der Waals surface area contributed by atoms with Crippen molar-refractivity contribution in [1.82, 2.24) is 0 Å². The monoisotopic (exact) mass is 152 g/mol. The van der Waals surface area contributed by atoms with E-state index in [1.54, 1.807) is 0 Å². The molecule has 11 heavy (non-hydrogen) atoms. The molecule has 0 heterocycles. The van der Waals surface area contributed by atoms with E-state index in [2.05, 4.69) is 17.0 Å². The van der Waals surface area contributed by atoms with E-state index in [4.69, 9.17) is 0 Å².